The van der Waals surface area contributed by atoms with Crippen LogP contribution in [0.3, 0.4) is 0 Å². The third-order valence-electron chi connectivity index (χ3n) is 8.13. The lowest BCUT2D eigenvalue weighted by atomic mass is 10.1. The van der Waals surface area contributed by atoms with Gasteiger partial charge in [-0.05, 0) is 121 Å². The molecule has 0 aliphatic carbocycles. The van der Waals surface area contributed by atoms with Gasteiger partial charge >= 0.3 is 11.9 Å². The van der Waals surface area contributed by atoms with E-state index in [0.717, 1.165) is 0 Å². The topological polar surface area (TPSA) is 225 Å². The molecule has 6 aromatic rings. The van der Waals surface area contributed by atoms with E-state index in [2.05, 4.69) is 20.1 Å². The molecule has 62 heavy (non-hydrogen) atoms. The van der Waals surface area contributed by atoms with Crippen LogP contribution < -0.4 is 20.1 Å². The molecule has 0 heterocycles. The van der Waals surface area contributed by atoms with E-state index in [1.165, 1.54) is 121 Å². The number of rotatable bonds is 12. The molecule has 0 bridgehead atoms. The van der Waals surface area contributed by atoms with Crippen molar-refractivity contribution in [2.75, 3.05) is 20.1 Å². The van der Waals surface area contributed by atoms with Crippen LogP contribution >= 0.6 is 69.6 Å². The molecule has 320 valence electrons. The van der Waals surface area contributed by atoms with Crippen LogP contribution in [0.2, 0.25) is 30.1 Å². The van der Waals surface area contributed by atoms with Crippen molar-refractivity contribution in [3.8, 4) is 0 Å². The van der Waals surface area contributed by atoms with Crippen LogP contribution in [0.1, 0.15) is 41.4 Å². The lowest BCUT2D eigenvalue weighted by molar-refractivity contribution is 0.0686. The van der Waals surface area contributed by atoms with Crippen LogP contribution in [0.25, 0.3) is 0 Å². The molecule has 22 heteroatoms. The number of carboxylic acid groups (broad SMARTS) is 2. The van der Waals surface area contributed by atoms with E-state index in [0.29, 0.717) is 11.4 Å². The van der Waals surface area contributed by atoms with Gasteiger partial charge in [-0.25, -0.2) is 26.4 Å². The van der Waals surface area contributed by atoms with E-state index in [-0.39, 0.29) is 73.6 Å². The number of carbonyl (C=O) groups excluding carboxylic acids is 2. The molecule has 6 rings (SSSR count). The van der Waals surface area contributed by atoms with E-state index in [1.54, 1.807) is 0 Å². The van der Waals surface area contributed by atoms with Gasteiger partial charge in [0, 0.05) is 22.5 Å². The number of halogens is 6. The number of carboxylic acids is 2. The van der Waals surface area contributed by atoms with Gasteiger partial charge < -0.3 is 20.8 Å². The zero-order chi connectivity index (χ0) is 45.5. The predicted molar refractivity (Wildman–Crippen MR) is 240 cm³/mol. The number of hydrogen-bond acceptors (Lipinski definition) is 8. The van der Waals surface area contributed by atoms with Gasteiger partial charge in [0.1, 0.15) is 0 Å². The summed E-state index contributed by atoms with van der Waals surface area (Å²) < 4.78 is 55.3. The summed E-state index contributed by atoms with van der Waals surface area (Å²) in [4.78, 5) is 46.6. The van der Waals surface area contributed by atoms with Gasteiger partial charge in [0.25, 0.3) is 31.9 Å². The molecule has 0 saturated heterocycles. The Morgan fingerprint density at radius 2 is 0.694 bits per heavy atom. The van der Waals surface area contributed by atoms with Crippen molar-refractivity contribution < 1.29 is 46.2 Å². The van der Waals surface area contributed by atoms with Gasteiger partial charge in [-0.1, -0.05) is 69.6 Å². The Morgan fingerprint density at radius 1 is 0.387 bits per heavy atom. The van der Waals surface area contributed by atoms with Crippen molar-refractivity contribution in [3.05, 3.63) is 174 Å². The maximum Gasteiger partial charge on any atom is 0.335 e. The highest BCUT2D eigenvalue weighted by Gasteiger charge is 2.21. The molecule has 14 nitrogen and oxygen atoms in total. The van der Waals surface area contributed by atoms with Crippen LogP contribution in [0.4, 0.5) is 22.7 Å². The fourth-order valence-corrected chi connectivity index (χ4v) is 8.34. The summed E-state index contributed by atoms with van der Waals surface area (Å²) in [5.74, 6) is -3.27. The molecule has 0 saturated carbocycles. The normalized spacial score (nSPS) is 11.1. The maximum absolute atomic E-state index is 12.7. The summed E-state index contributed by atoms with van der Waals surface area (Å²) in [6.07, 6.45) is 0. The molecule has 0 atom stereocenters. The van der Waals surface area contributed by atoms with Gasteiger partial charge in [-0.2, -0.15) is 0 Å². The molecule has 0 fully saturated rings. The Bertz CT molecular complexity index is 2760. The van der Waals surface area contributed by atoms with Crippen molar-refractivity contribution in [2.24, 2.45) is 0 Å². The third kappa shape index (κ3) is 12.3. The van der Waals surface area contributed by atoms with Crippen LogP contribution in [-0.2, 0) is 20.0 Å². The minimum atomic E-state index is -4.05. The van der Waals surface area contributed by atoms with Gasteiger partial charge in [-0.15, -0.1) is 0 Å². The van der Waals surface area contributed by atoms with E-state index in [9.17, 15) is 36.0 Å². The number of benzene rings is 6. The quantitative estimate of drug-likeness (QED) is 0.0680. The van der Waals surface area contributed by atoms with Gasteiger partial charge in [0.15, 0.2) is 0 Å². The smallest absolute Gasteiger partial charge is 0.335 e. The SMILES string of the molecule is O=C(O)c1ccc(NC(=O)c2ccc(Cl)c(NS(=O)(=O)c3ccc(Cl)c(Cl)c3)c2)cc1.O=C(O)c1ccc(NC(=O)c2ccc(Cl)c(NS(=O)(=O)c3ccc(Cl)c(Cl)c3)c2)cc1. The Labute approximate surface area is 383 Å². The van der Waals surface area contributed by atoms with Crippen molar-refractivity contribution in [1.29, 1.82) is 0 Å². The average molecular weight is 1000 g/mol. The zero-order valence-electron chi connectivity index (χ0n) is 30.8. The highest BCUT2D eigenvalue weighted by Crippen LogP contribution is 2.31. The van der Waals surface area contributed by atoms with Gasteiger partial charge in [0.05, 0.1) is 62.4 Å². The van der Waals surface area contributed by atoms with Gasteiger partial charge in [0.2, 0.25) is 0 Å². The van der Waals surface area contributed by atoms with Gasteiger partial charge in [-0.3, -0.25) is 19.0 Å². The maximum atomic E-state index is 12.7. The van der Waals surface area contributed by atoms with E-state index >= 15 is 0 Å². The number of sulfonamides is 2. The molecule has 2 amide bonds. The van der Waals surface area contributed by atoms with Crippen molar-refractivity contribution in [1.82, 2.24) is 0 Å². The Balaban J connectivity index is 0.000000234. The van der Waals surface area contributed by atoms with E-state index in [4.69, 9.17) is 79.8 Å². The molecule has 0 aliphatic heterocycles. The highest BCUT2D eigenvalue weighted by atomic mass is 35.5. The monoisotopic (exact) mass is 996 g/mol. The fourth-order valence-electron chi connectivity index (χ4n) is 4.98. The fraction of sp³-hybridized carbons (Fsp3) is 0. The summed E-state index contributed by atoms with van der Waals surface area (Å²) in [5.41, 5.74) is 1.10. The number of carbonyl (C=O) groups is 4. The second-order valence-electron chi connectivity index (χ2n) is 12.4. The molecule has 0 spiro atoms. The minimum Gasteiger partial charge on any atom is -0.478 e. The highest BCUT2D eigenvalue weighted by molar-refractivity contribution is 7.93. The second kappa shape index (κ2) is 20.1. The molecule has 0 unspecified atom stereocenters. The molecular weight excluding hydrogens is 973 g/mol. The second-order valence-corrected chi connectivity index (χ2v) is 18.2. The first-order valence-corrected chi connectivity index (χ1v) is 22.2. The van der Waals surface area contributed by atoms with E-state index < -0.39 is 43.8 Å². The summed E-state index contributed by atoms with van der Waals surface area (Å²) in [6.45, 7) is 0. The summed E-state index contributed by atoms with van der Waals surface area (Å²) >= 11 is 35.6. The van der Waals surface area contributed by atoms with Crippen LogP contribution in [0, 0.1) is 0 Å². The molecule has 6 N–H and O–H groups in total. The lowest BCUT2D eigenvalue weighted by Gasteiger charge is -2.12. The lowest BCUT2D eigenvalue weighted by Crippen LogP contribution is -2.15. The molecule has 0 radical (unpaired) electrons. The molecular formula is C40H26Cl6N4O10S2. The Morgan fingerprint density at radius 3 is 1.00 bits per heavy atom. The number of anilines is 4. The Hall–Kier alpha value is -5.56. The predicted octanol–water partition coefficient (Wildman–Crippen LogP) is 10.8. The van der Waals surface area contributed by atoms with Crippen LogP contribution in [0.5, 0.6) is 0 Å². The van der Waals surface area contributed by atoms with Crippen LogP contribution in [-0.4, -0.2) is 50.8 Å². The average Bonchev–Trinajstić information content (AvgIpc) is 3.22. The first-order valence-electron chi connectivity index (χ1n) is 17.0. The summed E-state index contributed by atoms with van der Waals surface area (Å²) in [6, 6.07) is 26.9. The minimum absolute atomic E-state index is 0.0124. The molecule has 0 aromatic heterocycles. The zero-order valence-corrected chi connectivity index (χ0v) is 37.0. The number of amides is 2. The summed E-state index contributed by atoms with van der Waals surface area (Å²) in [7, 11) is -8.11. The summed E-state index contributed by atoms with van der Waals surface area (Å²) in [5, 5.41) is 23.7. The third-order valence-corrected chi connectivity index (χ3v) is 13.0. The van der Waals surface area contributed by atoms with Crippen molar-refractivity contribution in [3.63, 3.8) is 0 Å². The van der Waals surface area contributed by atoms with Crippen LogP contribution in [0.15, 0.2) is 131 Å². The number of nitrogens with one attached hydrogen (secondary N) is 4. The molecule has 6 aromatic carbocycles. The van der Waals surface area contributed by atoms with Crippen molar-refractivity contribution >= 4 is 136 Å². The first-order chi connectivity index (χ1) is 29.1. The number of aromatic carboxylic acids is 2. The molecule has 0 aliphatic rings. The largest absolute Gasteiger partial charge is 0.478 e. The van der Waals surface area contributed by atoms with E-state index in [1.807, 2.05) is 0 Å². The van der Waals surface area contributed by atoms with Crippen molar-refractivity contribution in [2.45, 2.75) is 9.79 Å². The standard InChI is InChI=1S/2C20H13Cl3N2O5S/c2*21-15-8-6-14(10-17(15)23)31(29,30)25-18-9-12(3-7-16(18)22)19(26)24-13-4-1-11(2-5-13)20(27)28/h2*1-10,25H,(H,24,26)(H,27,28). The number of hydrogen-bond donors (Lipinski definition) is 6. The Kier molecular flexibility index (Phi) is 15.4. The first kappa shape index (κ1) is 47.5.